The number of aromatic nitrogens is 4. The lowest BCUT2D eigenvalue weighted by molar-refractivity contribution is -0.142. The van der Waals surface area contributed by atoms with Gasteiger partial charge in [-0.15, -0.1) is 5.10 Å². The molecule has 6 nitrogen and oxygen atoms in total. The lowest BCUT2D eigenvalue weighted by Crippen LogP contribution is -2.05. The highest BCUT2D eigenvalue weighted by atomic mass is 32.2. The molecular formula is C7H12N4O2S. The van der Waals surface area contributed by atoms with Crippen LogP contribution in [0.2, 0.25) is 0 Å². The number of esters is 1. The summed E-state index contributed by atoms with van der Waals surface area (Å²) >= 11 is 1.43. The number of hydrogen-bond donors (Lipinski definition) is 0. The lowest BCUT2D eigenvalue weighted by atomic mass is 10.5. The molecule has 0 fully saturated rings. The molecule has 0 aliphatic rings. The maximum atomic E-state index is 11.0. The van der Waals surface area contributed by atoms with Crippen LogP contribution in [0.1, 0.15) is 13.3 Å². The number of carbonyl (C=O) groups is 1. The van der Waals surface area contributed by atoms with Crippen molar-refractivity contribution in [3.8, 4) is 0 Å². The summed E-state index contributed by atoms with van der Waals surface area (Å²) in [7, 11) is 1.76. The summed E-state index contributed by atoms with van der Waals surface area (Å²) in [5.41, 5.74) is 0. The summed E-state index contributed by atoms with van der Waals surface area (Å²) in [6.45, 7) is 2.21. The van der Waals surface area contributed by atoms with Gasteiger partial charge >= 0.3 is 5.97 Å². The Balaban J connectivity index is 2.22. The lowest BCUT2D eigenvalue weighted by Gasteiger charge is -2.00. The number of tetrazole rings is 1. The van der Waals surface area contributed by atoms with Gasteiger partial charge in [0.2, 0.25) is 5.16 Å². The second-order valence-corrected chi connectivity index (χ2v) is 3.55. The first-order valence-electron chi connectivity index (χ1n) is 4.24. The standard InChI is InChI=1S/C7H12N4O2S/c1-3-13-6(12)4-5-14-7-8-9-10-11(7)2/h3-5H2,1-2H3. The van der Waals surface area contributed by atoms with Gasteiger partial charge in [0, 0.05) is 12.8 Å². The zero-order valence-corrected chi connectivity index (χ0v) is 8.95. The number of thioether (sulfide) groups is 1. The van der Waals surface area contributed by atoms with Crippen LogP contribution >= 0.6 is 11.8 Å². The van der Waals surface area contributed by atoms with E-state index in [0.717, 1.165) is 0 Å². The van der Waals surface area contributed by atoms with Crippen molar-refractivity contribution in [1.82, 2.24) is 20.2 Å². The van der Waals surface area contributed by atoms with Gasteiger partial charge in [-0.3, -0.25) is 4.79 Å². The number of nitrogens with zero attached hydrogens (tertiary/aromatic N) is 4. The second-order valence-electron chi connectivity index (χ2n) is 2.49. The third-order valence-electron chi connectivity index (χ3n) is 1.42. The number of rotatable bonds is 5. The van der Waals surface area contributed by atoms with Crippen molar-refractivity contribution in [3.63, 3.8) is 0 Å². The van der Waals surface area contributed by atoms with E-state index >= 15 is 0 Å². The Morgan fingerprint density at radius 1 is 1.64 bits per heavy atom. The fourth-order valence-electron chi connectivity index (χ4n) is 0.802. The van der Waals surface area contributed by atoms with Gasteiger partial charge in [0.25, 0.3) is 0 Å². The van der Waals surface area contributed by atoms with Gasteiger partial charge in [-0.25, -0.2) is 4.68 Å². The van der Waals surface area contributed by atoms with Gasteiger partial charge in [0.15, 0.2) is 0 Å². The Hall–Kier alpha value is -1.11. The van der Waals surface area contributed by atoms with Crippen LogP contribution in [0.5, 0.6) is 0 Å². The zero-order valence-electron chi connectivity index (χ0n) is 8.13. The monoisotopic (exact) mass is 216 g/mol. The van der Waals surface area contributed by atoms with Gasteiger partial charge in [-0.2, -0.15) is 0 Å². The Labute approximate surface area is 86.0 Å². The molecule has 0 atom stereocenters. The molecule has 1 aromatic rings. The van der Waals surface area contributed by atoms with E-state index < -0.39 is 0 Å². The molecule has 0 spiro atoms. The third-order valence-corrected chi connectivity index (χ3v) is 2.44. The van der Waals surface area contributed by atoms with Crippen molar-refractivity contribution >= 4 is 17.7 Å². The molecule has 1 rings (SSSR count). The van der Waals surface area contributed by atoms with Crippen LogP contribution in [-0.4, -0.2) is 38.5 Å². The highest BCUT2D eigenvalue weighted by Gasteiger charge is 2.05. The molecule has 0 N–H and O–H groups in total. The molecule has 7 heteroatoms. The number of ether oxygens (including phenoxy) is 1. The summed E-state index contributed by atoms with van der Waals surface area (Å²) in [6.07, 6.45) is 0.380. The van der Waals surface area contributed by atoms with E-state index in [1.165, 1.54) is 11.8 Å². The molecular weight excluding hydrogens is 204 g/mol. The van der Waals surface area contributed by atoms with Crippen LogP contribution in [0.4, 0.5) is 0 Å². The van der Waals surface area contributed by atoms with E-state index in [4.69, 9.17) is 4.74 Å². The van der Waals surface area contributed by atoms with E-state index in [2.05, 4.69) is 15.5 Å². The molecule has 0 saturated heterocycles. The first-order chi connectivity index (χ1) is 6.74. The van der Waals surface area contributed by atoms with Gasteiger partial charge < -0.3 is 4.74 Å². The fraction of sp³-hybridized carbons (Fsp3) is 0.714. The van der Waals surface area contributed by atoms with Gasteiger partial charge in [-0.1, -0.05) is 11.8 Å². The number of hydrogen-bond acceptors (Lipinski definition) is 6. The average molecular weight is 216 g/mol. The van der Waals surface area contributed by atoms with Crippen LogP contribution in [-0.2, 0) is 16.6 Å². The third kappa shape index (κ3) is 3.33. The maximum absolute atomic E-state index is 11.0. The summed E-state index contributed by atoms with van der Waals surface area (Å²) in [5, 5.41) is 11.6. The molecule has 0 saturated carbocycles. The zero-order chi connectivity index (χ0) is 10.4. The Morgan fingerprint density at radius 2 is 2.43 bits per heavy atom. The molecule has 0 aromatic carbocycles. The van der Waals surface area contributed by atoms with E-state index in [-0.39, 0.29) is 5.97 Å². The Kier molecular flexibility index (Phi) is 4.37. The molecule has 0 bridgehead atoms. The minimum Gasteiger partial charge on any atom is -0.466 e. The first-order valence-corrected chi connectivity index (χ1v) is 5.23. The molecule has 0 aliphatic carbocycles. The average Bonchev–Trinajstić information content (AvgIpc) is 2.52. The molecule has 0 amide bonds. The van der Waals surface area contributed by atoms with Crippen molar-refractivity contribution in [3.05, 3.63) is 0 Å². The largest absolute Gasteiger partial charge is 0.466 e. The predicted octanol–water partition coefficient (Wildman–Crippen LogP) is 0.255. The number of carbonyl (C=O) groups excluding carboxylic acids is 1. The molecule has 14 heavy (non-hydrogen) atoms. The van der Waals surface area contributed by atoms with Gasteiger partial charge in [-0.05, 0) is 17.4 Å². The van der Waals surface area contributed by atoms with E-state index in [1.54, 1.807) is 18.7 Å². The summed E-state index contributed by atoms with van der Waals surface area (Å²) in [5.74, 6) is 0.447. The van der Waals surface area contributed by atoms with Crippen molar-refractivity contribution < 1.29 is 9.53 Å². The second kappa shape index (κ2) is 5.58. The minimum atomic E-state index is -0.185. The van der Waals surface area contributed by atoms with Crippen molar-refractivity contribution in [2.45, 2.75) is 18.5 Å². The van der Waals surface area contributed by atoms with Crippen molar-refractivity contribution in [2.24, 2.45) is 7.05 Å². The smallest absolute Gasteiger partial charge is 0.306 e. The Morgan fingerprint density at radius 3 is 3.00 bits per heavy atom. The molecule has 0 radical (unpaired) electrons. The molecule has 1 heterocycles. The highest BCUT2D eigenvalue weighted by molar-refractivity contribution is 7.99. The first kappa shape index (κ1) is 11.0. The van der Waals surface area contributed by atoms with Gasteiger partial charge in [0.1, 0.15) is 0 Å². The molecule has 78 valence electrons. The van der Waals surface area contributed by atoms with Crippen LogP contribution in [0, 0.1) is 0 Å². The van der Waals surface area contributed by atoms with E-state index in [0.29, 0.717) is 23.9 Å². The summed E-state index contributed by atoms with van der Waals surface area (Å²) < 4.78 is 6.35. The molecule has 0 unspecified atom stereocenters. The fourth-order valence-corrected chi connectivity index (χ4v) is 1.57. The quantitative estimate of drug-likeness (QED) is 0.519. The SMILES string of the molecule is CCOC(=O)CCSc1nnnn1C. The van der Waals surface area contributed by atoms with Crippen molar-refractivity contribution in [2.75, 3.05) is 12.4 Å². The van der Waals surface area contributed by atoms with E-state index in [9.17, 15) is 4.79 Å². The van der Waals surface area contributed by atoms with Crippen LogP contribution in [0.25, 0.3) is 0 Å². The molecule has 1 aromatic heterocycles. The van der Waals surface area contributed by atoms with Gasteiger partial charge in [0.05, 0.1) is 13.0 Å². The summed E-state index contributed by atoms with van der Waals surface area (Å²) in [6, 6.07) is 0. The molecule has 0 aliphatic heterocycles. The topological polar surface area (TPSA) is 69.9 Å². The summed E-state index contributed by atoms with van der Waals surface area (Å²) in [4.78, 5) is 11.0. The minimum absolute atomic E-state index is 0.185. The highest BCUT2D eigenvalue weighted by Crippen LogP contribution is 2.13. The normalized spacial score (nSPS) is 10.1. The van der Waals surface area contributed by atoms with Crippen LogP contribution < -0.4 is 0 Å². The van der Waals surface area contributed by atoms with Crippen LogP contribution in [0.3, 0.4) is 0 Å². The Bertz CT molecular complexity index is 302. The van der Waals surface area contributed by atoms with Crippen LogP contribution in [0.15, 0.2) is 5.16 Å². The predicted molar refractivity (Wildman–Crippen MR) is 50.8 cm³/mol. The van der Waals surface area contributed by atoms with Crippen molar-refractivity contribution in [1.29, 1.82) is 0 Å². The number of aryl methyl sites for hydroxylation is 1. The van der Waals surface area contributed by atoms with E-state index in [1.807, 2.05) is 0 Å². The maximum Gasteiger partial charge on any atom is 0.306 e.